The molecule has 1 spiro atoms. The molecule has 2 aliphatic heterocycles. The van der Waals surface area contributed by atoms with Crippen molar-refractivity contribution in [3.05, 3.63) is 35.6 Å². The highest BCUT2D eigenvalue weighted by Gasteiger charge is 2.39. The van der Waals surface area contributed by atoms with Crippen molar-refractivity contribution in [2.75, 3.05) is 26.2 Å². The van der Waals surface area contributed by atoms with Crippen LogP contribution in [0.4, 0.5) is 0 Å². The molecule has 22 heavy (non-hydrogen) atoms. The minimum Gasteiger partial charge on any atom is -0.461 e. The molecular weight excluding hydrogens is 272 g/mol. The summed E-state index contributed by atoms with van der Waals surface area (Å²) >= 11 is 0. The predicted octanol–water partition coefficient (Wildman–Crippen LogP) is 3.57. The van der Waals surface area contributed by atoms with Gasteiger partial charge in [-0.25, -0.2) is 0 Å². The van der Waals surface area contributed by atoms with Gasteiger partial charge in [0.05, 0.1) is 0 Å². The third kappa shape index (κ3) is 2.46. The van der Waals surface area contributed by atoms with Gasteiger partial charge in [-0.2, -0.15) is 0 Å². The SMILES string of the molecule is CCc1oc2ccccc2c1CN1CCC2(CCNCC2)C1. The van der Waals surface area contributed by atoms with Crippen molar-refractivity contribution in [1.82, 2.24) is 10.2 Å². The monoisotopic (exact) mass is 298 g/mol. The van der Waals surface area contributed by atoms with E-state index in [-0.39, 0.29) is 0 Å². The Labute approximate surface area is 132 Å². The second-order valence-corrected chi connectivity index (χ2v) is 7.06. The Hall–Kier alpha value is -1.32. The molecule has 0 atom stereocenters. The van der Waals surface area contributed by atoms with E-state index in [0.717, 1.165) is 18.5 Å². The van der Waals surface area contributed by atoms with Crippen molar-refractivity contribution in [2.45, 2.75) is 39.2 Å². The van der Waals surface area contributed by atoms with Crippen LogP contribution in [-0.2, 0) is 13.0 Å². The van der Waals surface area contributed by atoms with Crippen LogP contribution in [0.25, 0.3) is 11.0 Å². The van der Waals surface area contributed by atoms with Crippen molar-refractivity contribution >= 4 is 11.0 Å². The Morgan fingerprint density at radius 1 is 1.18 bits per heavy atom. The van der Waals surface area contributed by atoms with Gasteiger partial charge in [0.25, 0.3) is 0 Å². The number of likely N-dealkylation sites (tertiary alicyclic amines) is 1. The van der Waals surface area contributed by atoms with Gasteiger partial charge in [-0.05, 0) is 50.4 Å². The molecule has 0 amide bonds. The van der Waals surface area contributed by atoms with Crippen molar-refractivity contribution in [1.29, 1.82) is 0 Å². The number of para-hydroxylation sites is 1. The Morgan fingerprint density at radius 2 is 2.00 bits per heavy atom. The first-order chi connectivity index (χ1) is 10.8. The van der Waals surface area contributed by atoms with Gasteiger partial charge in [-0.3, -0.25) is 4.90 Å². The Bertz CT molecular complexity index is 654. The molecule has 2 fully saturated rings. The van der Waals surface area contributed by atoms with Gasteiger partial charge in [0.15, 0.2) is 0 Å². The van der Waals surface area contributed by atoms with Crippen LogP contribution < -0.4 is 5.32 Å². The number of hydrogen-bond acceptors (Lipinski definition) is 3. The van der Waals surface area contributed by atoms with Crippen LogP contribution in [-0.4, -0.2) is 31.1 Å². The van der Waals surface area contributed by atoms with Crippen molar-refractivity contribution in [3.63, 3.8) is 0 Å². The highest BCUT2D eigenvalue weighted by atomic mass is 16.3. The molecule has 1 N–H and O–H groups in total. The molecule has 0 unspecified atom stereocenters. The number of hydrogen-bond donors (Lipinski definition) is 1. The van der Waals surface area contributed by atoms with Crippen LogP contribution in [0, 0.1) is 5.41 Å². The summed E-state index contributed by atoms with van der Waals surface area (Å²) in [5.74, 6) is 1.17. The maximum absolute atomic E-state index is 6.06. The number of rotatable bonds is 3. The maximum atomic E-state index is 6.06. The van der Waals surface area contributed by atoms with Crippen LogP contribution >= 0.6 is 0 Å². The van der Waals surface area contributed by atoms with E-state index in [9.17, 15) is 0 Å². The molecule has 2 aliphatic rings. The number of nitrogens with zero attached hydrogens (tertiary/aromatic N) is 1. The van der Waals surface area contributed by atoms with Crippen LogP contribution in [0.1, 0.15) is 37.5 Å². The summed E-state index contributed by atoms with van der Waals surface area (Å²) in [5, 5.41) is 4.82. The van der Waals surface area contributed by atoms with Gasteiger partial charge in [0, 0.05) is 30.5 Å². The molecule has 3 heteroatoms. The van der Waals surface area contributed by atoms with E-state index in [2.05, 4.69) is 41.4 Å². The average Bonchev–Trinajstić information content (AvgIpc) is 3.11. The van der Waals surface area contributed by atoms with Crippen molar-refractivity contribution in [3.8, 4) is 0 Å². The van der Waals surface area contributed by atoms with Gasteiger partial charge in [0.2, 0.25) is 0 Å². The lowest BCUT2D eigenvalue weighted by atomic mass is 9.78. The number of fused-ring (bicyclic) bond motifs is 1. The van der Waals surface area contributed by atoms with Gasteiger partial charge >= 0.3 is 0 Å². The summed E-state index contributed by atoms with van der Waals surface area (Å²) in [6, 6.07) is 8.49. The smallest absolute Gasteiger partial charge is 0.134 e. The highest BCUT2D eigenvalue weighted by molar-refractivity contribution is 5.82. The number of benzene rings is 1. The summed E-state index contributed by atoms with van der Waals surface area (Å²) in [7, 11) is 0. The van der Waals surface area contributed by atoms with Gasteiger partial charge in [0.1, 0.15) is 11.3 Å². The number of nitrogens with one attached hydrogen (secondary N) is 1. The minimum absolute atomic E-state index is 0.581. The molecule has 2 saturated heterocycles. The topological polar surface area (TPSA) is 28.4 Å². The highest BCUT2D eigenvalue weighted by Crippen LogP contribution is 2.40. The van der Waals surface area contributed by atoms with Gasteiger partial charge in [-0.1, -0.05) is 25.1 Å². The lowest BCUT2D eigenvalue weighted by Gasteiger charge is -2.33. The largest absolute Gasteiger partial charge is 0.461 e. The fourth-order valence-electron chi connectivity index (χ4n) is 4.36. The summed E-state index contributed by atoms with van der Waals surface area (Å²) in [4.78, 5) is 2.65. The Kier molecular flexibility index (Phi) is 3.71. The first-order valence-corrected chi connectivity index (χ1v) is 8.72. The molecule has 0 radical (unpaired) electrons. The Morgan fingerprint density at radius 3 is 2.82 bits per heavy atom. The van der Waals surface area contributed by atoms with Crippen molar-refractivity contribution in [2.24, 2.45) is 5.41 Å². The molecule has 0 aliphatic carbocycles. The standard InChI is InChI=1S/C19H26N2O/c1-2-17-16(15-5-3-4-6-18(15)22-17)13-21-12-9-19(14-21)7-10-20-11-8-19/h3-6,20H,2,7-14H2,1H3. The van der Waals surface area contributed by atoms with E-state index in [1.807, 2.05) is 0 Å². The number of piperidine rings is 1. The van der Waals surface area contributed by atoms with Crippen LogP contribution in [0.3, 0.4) is 0 Å². The van der Waals surface area contributed by atoms with E-state index < -0.39 is 0 Å². The quantitative estimate of drug-likeness (QED) is 0.939. The van der Waals surface area contributed by atoms with Crippen molar-refractivity contribution < 1.29 is 4.42 Å². The van der Waals surface area contributed by atoms with E-state index in [0.29, 0.717) is 5.41 Å². The maximum Gasteiger partial charge on any atom is 0.134 e. The van der Waals surface area contributed by atoms with Crippen LogP contribution in [0.5, 0.6) is 0 Å². The summed E-state index contributed by atoms with van der Waals surface area (Å²) < 4.78 is 6.06. The predicted molar refractivity (Wildman–Crippen MR) is 90.0 cm³/mol. The van der Waals surface area contributed by atoms with Gasteiger partial charge < -0.3 is 9.73 Å². The molecule has 0 bridgehead atoms. The molecule has 0 saturated carbocycles. The lowest BCUT2D eigenvalue weighted by molar-refractivity contribution is 0.193. The van der Waals surface area contributed by atoms with E-state index in [1.165, 1.54) is 62.2 Å². The second-order valence-electron chi connectivity index (χ2n) is 7.06. The van der Waals surface area contributed by atoms with Crippen LogP contribution in [0.2, 0.25) is 0 Å². The van der Waals surface area contributed by atoms with E-state index >= 15 is 0 Å². The van der Waals surface area contributed by atoms with Crippen LogP contribution in [0.15, 0.2) is 28.7 Å². The minimum atomic E-state index is 0.581. The molecule has 3 heterocycles. The zero-order valence-electron chi connectivity index (χ0n) is 13.5. The van der Waals surface area contributed by atoms with E-state index in [4.69, 9.17) is 4.42 Å². The molecule has 4 rings (SSSR count). The van der Waals surface area contributed by atoms with Gasteiger partial charge in [-0.15, -0.1) is 0 Å². The zero-order valence-corrected chi connectivity index (χ0v) is 13.5. The molecule has 2 aromatic rings. The third-order valence-corrected chi connectivity index (χ3v) is 5.67. The molecule has 1 aromatic carbocycles. The summed E-state index contributed by atoms with van der Waals surface area (Å²) in [6.07, 6.45) is 5.03. The second kappa shape index (κ2) is 5.71. The summed E-state index contributed by atoms with van der Waals surface area (Å²) in [6.45, 7) is 8.14. The molecule has 118 valence electrons. The Balaban J connectivity index is 1.56. The third-order valence-electron chi connectivity index (χ3n) is 5.67. The first kappa shape index (κ1) is 14.3. The molecule has 3 nitrogen and oxygen atoms in total. The summed E-state index contributed by atoms with van der Waals surface area (Å²) in [5.41, 5.74) is 3.05. The molecular formula is C19H26N2O. The fourth-order valence-corrected chi connectivity index (χ4v) is 4.36. The number of furan rings is 1. The van der Waals surface area contributed by atoms with E-state index in [1.54, 1.807) is 0 Å². The zero-order chi connectivity index (χ0) is 15.0. The lowest BCUT2D eigenvalue weighted by Crippen LogP contribution is -2.38. The molecule has 1 aromatic heterocycles. The first-order valence-electron chi connectivity index (χ1n) is 8.72. The fraction of sp³-hybridized carbons (Fsp3) is 0.579. The number of aryl methyl sites for hydroxylation is 1. The average molecular weight is 298 g/mol. The normalized spacial score (nSPS) is 21.9.